The molecule has 2 heteroatoms. The quantitative estimate of drug-likeness (QED) is 0.188. The Labute approximate surface area is 254 Å². The first-order valence-corrected chi connectivity index (χ1v) is 16.9. The topological polar surface area (TPSA) is 40.5 Å². The fourth-order valence-electron chi connectivity index (χ4n) is 6.31. The summed E-state index contributed by atoms with van der Waals surface area (Å²) in [4.78, 5) is 0. The van der Waals surface area contributed by atoms with E-state index in [1.54, 1.807) is 0 Å². The zero-order chi connectivity index (χ0) is 30.6. The van der Waals surface area contributed by atoms with Crippen molar-refractivity contribution in [3.63, 3.8) is 0 Å². The van der Waals surface area contributed by atoms with Gasteiger partial charge in [0, 0.05) is 17.0 Å². The Morgan fingerprint density at radius 2 is 0.829 bits per heavy atom. The van der Waals surface area contributed by atoms with Crippen LogP contribution in [0.3, 0.4) is 0 Å². The third-order valence-corrected chi connectivity index (χ3v) is 8.78. The fourth-order valence-corrected chi connectivity index (χ4v) is 6.31. The molecule has 0 spiro atoms. The summed E-state index contributed by atoms with van der Waals surface area (Å²) in [5, 5.41) is 23.2. The molecule has 2 aromatic carbocycles. The Kier molecular flexibility index (Phi) is 14.3. The maximum Gasteiger partial charge on any atom is 0.123 e. The maximum atomic E-state index is 11.6. The molecule has 0 fully saturated rings. The van der Waals surface area contributed by atoms with Gasteiger partial charge in [0.1, 0.15) is 11.5 Å². The summed E-state index contributed by atoms with van der Waals surface area (Å²) >= 11 is 0. The van der Waals surface area contributed by atoms with E-state index < -0.39 is 0 Å². The van der Waals surface area contributed by atoms with Crippen molar-refractivity contribution >= 4 is 0 Å². The van der Waals surface area contributed by atoms with E-state index in [9.17, 15) is 10.2 Å². The molecule has 2 aromatic rings. The van der Waals surface area contributed by atoms with Crippen LogP contribution in [0.25, 0.3) is 0 Å². The number of phenolic OH excluding ortho intramolecular Hbond substituents is 2. The van der Waals surface area contributed by atoms with Crippen LogP contribution in [0.1, 0.15) is 184 Å². The minimum Gasteiger partial charge on any atom is -0.507 e. The molecule has 0 aliphatic rings. The van der Waals surface area contributed by atoms with Crippen molar-refractivity contribution in [2.45, 2.75) is 175 Å². The second-order valence-electron chi connectivity index (χ2n) is 14.9. The van der Waals surface area contributed by atoms with Gasteiger partial charge in [-0.1, -0.05) is 174 Å². The molecule has 2 rings (SSSR count). The highest BCUT2D eigenvalue weighted by molar-refractivity contribution is 5.56. The highest BCUT2D eigenvalue weighted by Gasteiger charge is 2.29. The van der Waals surface area contributed by atoms with Gasteiger partial charge in [-0.2, -0.15) is 0 Å². The number of phenols is 2. The third-order valence-electron chi connectivity index (χ3n) is 8.78. The van der Waals surface area contributed by atoms with Crippen LogP contribution in [0.4, 0.5) is 0 Å². The molecule has 2 nitrogen and oxygen atoms in total. The average Bonchev–Trinajstić information content (AvgIpc) is 2.88. The lowest BCUT2D eigenvalue weighted by molar-refractivity contribution is 0.422. The summed E-state index contributed by atoms with van der Waals surface area (Å²) < 4.78 is 0. The number of hydrogen-bond acceptors (Lipinski definition) is 2. The Bertz CT molecular complexity index is 981. The Morgan fingerprint density at radius 1 is 0.512 bits per heavy atom. The van der Waals surface area contributed by atoms with Gasteiger partial charge < -0.3 is 10.2 Å². The number of aromatic hydroxyl groups is 2. The van der Waals surface area contributed by atoms with E-state index in [1.165, 1.54) is 83.5 Å². The fraction of sp³-hybridized carbons (Fsp3) is 0.692. The minimum atomic E-state index is -0.157. The van der Waals surface area contributed by atoms with E-state index in [0.29, 0.717) is 11.5 Å². The predicted octanol–water partition coefficient (Wildman–Crippen LogP) is 12.3. The number of unbranched alkanes of at least 4 members (excludes halogenated alkanes) is 13. The summed E-state index contributed by atoms with van der Waals surface area (Å²) in [7, 11) is 0. The minimum absolute atomic E-state index is 0.0330. The number of hydrogen-bond donors (Lipinski definition) is 2. The molecule has 0 amide bonds. The van der Waals surface area contributed by atoms with Crippen molar-refractivity contribution in [3.05, 3.63) is 57.6 Å². The van der Waals surface area contributed by atoms with E-state index in [4.69, 9.17) is 0 Å². The summed E-state index contributed by atoms with van der Waals surface area (Å²) in [5.74, 6) is 0.766. The summed E-state index contributed by atoms with van der Waals surface area (Å²) in [6.07, 6.45) is 19.7. The smallest absolute Gasteiger partial charge is 0.123 e. The molecule has 0 saturated heterocycles. The summed E-state index contributed by atoms with van der Waals surface area (Å²) in [6.45, 7) is 19.5. The molecule has 0 atom stereocenters. The van der Waals surface area contributed by atoms with Crippen LogP contribution in [-0.4, -0.2) is 10.2 Å². The molecular formula is C39H64O2. The first kappa shape index (κ1) is 35.2. The highest BCUT2D eigenvalue weighted by atomic mass is 16.3. The molecular weight excluding hydrogens is 500 g/mol. The van der Waals surface area contributed by atoms with E-state index >= 15 is 0 Å². The standard InChI is InChI=1S/C39H64O2/c1-10-11-12-13-14-15-16-17-18-19-20-21-22-23-24-31(32-25-29(2)27-34(36(32)40)38(4,5)6)33-26-30(3)28-35(37(33)41)39(7,8)9/h25-28,31,40-41H,10-24H2,1-9H3. The largest absolute Gasteiger partial charge is 0.507 e. The first-order chi connectivity index (χ1) is 19.3. The monoisotopic (exact) mass is 564 g/mol. The van der Waals surface area contributed by atoms with Crippen LogP contribution in [0, 0.1) is 13.8 Å². The van der Waals surface area contributed by atoms with Crippen LogP contribution in [0.15, 0.2) is 24.3 Å². The van der Waals surface area contributed by atoms with Gasteiger partial charge in [-0.15, -0.1) is 0 Å². The van der Waals surface area contributed by atoms with E-state index in [-0.39, 0.29) is 16.7 Å². The van der Waals surface area contributed by atoms with Gasteiger partial charge in [-0.05, 0) is 42.2 Å². The lowest BCUT2D eigenvalue weighted by atomic mass is 9.77. The van der Waals surface area contributed by atoms with Gasteiger partial charge >= 0.3 is 0 Å². The van der Waals surface area contributed by atoms with Crippen molar-refractivity contribution in [1.29, 1.82) is 0 Å². The van der Waals surface area contributed by atoms with Crippen molar-refractivity contribution in [1.82, 2.24) is 0 Å². The molecule has 0 aliphatic heterocycles. The van der Waals surface area contributed by atoms with E-state index in [0.717, 1.165) is 46.2 Å². The van der Waals surface area contributed by atoms with Crippen molar-refractivity contribution < 1.29 is 10.2 Å². The molecule has 0 bridgehead atoms. The zero-order valence-corrected chi connectivity index (χ0v) is 28.4. The zero-order valence-electron chi connectivity index (χ0n) is 28.4. The molecule has 0 saturated carbocycles. The molecule has 232 valence electrons. The van der Waals surface area contributed by atoms with Crippen LogP contribution in [0.2, 0.25) is 0 Å². The SMILES string of the molecule is CCCCCCCCCCCCCCCCC(c1cc(C)cc(C(C)(C)C)c1O)c1cc(C)cc(C(C)(C)C)c1O. The molecule has 0 radical (unpaired) electrons. The second kappa shape index (κ2) is 16.6. The van der Waals surface area contributed by atoms with Crippen LogP contribution < -0.4 is 0 Å². The van der Waals surface area contributed by atoms with E-state index in [2.05, 4.69) is 86.6 Å². The van der Waals surface area contributed by atoms with Gasteiger partial charge in [0.2, 0.25) is 0 Å². The molecule has 0 aromatic heterocycles. The van der Waals surface area contributed by atoms with Gasteiger partial charge in [0.15, 0.2) is 0 Å². The Morgan fingerprint density at radius 3 is 1.15 bits per heavy atom. The summed E-state index contributed by atoms with van der Waals surface area (Å²) in [6, 6.07) is 8.55. The normalized spacial score (nSPS) is 12.4. The Balaban J connectivity index is 2.09. The van der Waals surface area contributed by atoms with Gasteiger partial charge in [0.25, 0.3) is 0 Å². The van der Waals surface area contributed by atoms with Gasteiger partial charge in [-0.25, -0.2) is 0 Å². The van der Waals surface area contributed by atoms with Crippen molar-refractivity contribution in [2.75, 3.05) is 0 Å². The second-order valence-corrected chi connectivity index (χ2v) is 14.9. The van der Waals surface area contributed by atoms with Crippen LogP contribution in [-0.2, 0) is 10.8 Å². The van der Waals surface area contributed by atoms with Gasteiger partial charge in [0.05, 0.1) is 0 Å². The third kappa shape index (κ3) is 11.3. The van der Waals surface area contributed by atoms with Gasteiger partial charge in [-0.3, -0.25) is 0 Å². The first-order valence-electron chi connectivity index (χ1n) is 16.9. The molecule has 0 unspecified atom stereocenters. The lowest BCUT2D eigenvalue weighted by Gasteiger charge is -2.29. The highest BCUT2D eigenvalue weighted by Crippen LogP contribution is 2.46. The number of benzene rings is 2. The summed E-state index contributed by atoms with van der Waals surface area (Å²) in [5.41, 5.74) is 5.92. The van der Waals surface area contributed by atoms with Crippen LogP contribution >= 0.6 is 0 Å². The number of aryl methyl sites for hydroxylation is 2. The van der Waals surface area contributed by atoms with Crippen molar-refractivity contribution in [3.8, 4) is 11.5 Å². The lowest BCUT2D eigenvalue weighted by Crippen LogP contribution is -2.16. The van der Waals surface area contributed by atoms with Crippen LogP contribution in [0.5, 0.6) is 11.5 Å². The molecule has 2 N–H and O–H groups in total. The molecule has 0 aliphatic carbocycles. The maximum absolute atomic E-state index is 11.6. The van der Waals surface area contributed by atoms with E-state index in [1.807, 2.05) is 0 Å². The number of rotatable bonds is 17. The molecule has 41 heavy (non-hydrogen) atoms. The molecule has 0 heterocycles. The average molecular weight is 565 g/mol. The van der Waals surface area contributed by atoms with Crippen molar-refractivity contribution in [2.24, 2.45) is 0 Å². The Hall–Kier alpha value is -1.96. The predicted molar refractivity (Wildman–Crippen MR) is 180 cm³/mol.